The highest BCUT2D eigenvalue weighted by molar-refractivity contribution is 5.71. The van der Waals surface area contributed by atoms with Crippen LogP contribution in [0.25, 0.3) is 12.2 Å². The summed E-state index contributed by atoms with van der Waals surface area (Å²) in [6.45, 7) is 3.05. The third kappa shape index (κ3) is 3.26. The molecule has 118 valence electrons. The van der Waals surface area contributed by atoms with Crippen LogP contribution in [0.5, 0.6) is 5.75 Å². The SMILES string of the molecule is CCC1COc2cc(/C=C/c3ccc(NC4CC4)cc3)ccc21. The monoisotopic (exact) mass is 305 g/mol. The lowest BCUT2D eigenvalue weighted by atomic mass is 9.97. The van der Waals surface area contributed by atoms with Gasteiger partial charge in [-0.2, -0.15) is 0 Å². The summed E-state index contributed by atoms with van der Waals surface area (Å²) in [5.41, 5.74) is 5.00. The maximum absolute atomic E-state index is 5.81. The number of rotatable bonds is 5. The van der Waals surface area contributed by atoms with Crippen LogP contribution >= 0.6 is 0 Å². The van der Waals surface area contributed by atoms with Gasteiger partial charge in [0.25, 0.3) is 0 Å². The highest BCUT2D eigenvalue weighted by Gasteiger charge is 2.22. The van der Waals surface area contributed by atoms with Gasteiger partial charge in [0.2, 0.25) is 0 Å². The third-order valence-electron chi connectivity index (χ3n) is 4.74. The zero-order valence-corrected chi connectivity index (χ0v) is 13.6. The summed E-state index contributed by atoms with van der Waals surface area (Å²) >= 11 is 0. The van der Waals surface area contributed by atoms with Crippen LogP contribution in [-0.2, 0) is 0 Å². The Kier molecular flexibility index (Phi) is 3.82. The van der Waals surface area contributed by atoms with Gasteiger partial charge < -0.3 is 10.1 Å². The summed E-state index contributed by atoms with van der Waals surface area (Å²) in [6, 6.07) is 15.9. The summed E-state index contributed by atoms with van der Waals surface area (Å²) in [4.78, 5) is 0. The van der Waals surface area contributed by atoms with E-state index >= 15 is 0 Å². The fourth-order valence-electron chi connectivity index (χ4n) is 3.08. The molecule has 1 unspecified atom stereocenters. The molecule has 2 aliphatic rings. The van der Waals surface area contributed by atoms with Gasteiger partial charge in [-0.15, -0.1) is 0 Å². The van der Waals surface area contributed by atoms with Crippen molar-refractivity contribution in [3.05, 3.63) is 59.2 Å². The molecule has 0 amide bonds. The summed E-state index contributed by atoms with van der Waals surface area (Å²) in [7, 11) is 0. The van der Waals surface area contributed by atoms with E-state index in [0.29, 0.717) is 12.0 Å². The number of benzene rings is 2. The smallest absolute Gasteiger partial charge is 0.123 e. The number of fused-ring (bicyclic) bond motifs is 1. The first-order valence-corrected chi connectivity index (χ1v) is 8.63. The van der Waals surface area contributed by atoms with Gasteiger partial charge in [-0.05, 0) is 48.6 Å². The number of ether oxygens (including phenoxy) is 1. The van der Waals surface area contributed by atoms with E-state index in [-0.39, 0.29) is 0 Å². The lowest BCUT2D eigenvalue weighted by molar-refractivity contribution is 0.328. The Morgan fingerprint density at radius 1 is 1.04 bits per heavy atom. The van der Waals surface area contributed by atoms with E-state index in [4.69, 9.17) is 4.74 Å². The van der Waals surface area contributed by atoms with Crippen molar-refractivity contribution in [2.45, 2.75) is 38.1 Å². The minimum absolute atomic E-state index is 0.564. The van der Waals surface area contributed by atoms with E-state index in [2.05, 4.69) is 66.9 Å². The predicted molar refractivity (Wildman–Crippen MR) is 97.0 cm³/mol. The second-order valence-electron chi connectivity index (χ2n) is 6.59. The Labute approximate surface area is 138 Å². The molecule has 1 heterocycles. The highest BCUT2D eigenvalue weighted by atomic mass is 16.5. The van der Waals surface area contributed by atoms with Crippen LogP contribution < -0.4 is 10.1 Å². The predicted octanol–water partition coefficient (Wildman–Crippen LogP) is 5.32. The van der Waals surface area contributed by atoms with Crippen molar-refractivity contribution in [1.82, 2.24) is 0 Å². The molecule has 1 aliphatic carbocycles. The van der Waals surface area contributed by atoms with Gasteiger partial charge in [-0.3, -0.25) is 0 Å². The minimum atomic E-state index is 0.564. The molecule has 1 fully saturated rings. The first-order chi connectivity index (χ1) is 11.3. The molecule has 2 aromatic rings. The molecule has 0 aromatic heterocycles. The van der Waals surface area contributed by atoms with Gasteiger partial charge in [0.05, 0.1) is 6.61 Å². The van der Waals surface area contributed by atoms with E-state index < -0.39 is 0 Å². The molecule has 0 saturated heterocycles. The number of anilines is 1. The van der Waals surface area contributed by atoms with E-state index in [1.165, 1.54) is 35.2 Å². The van der Waals surface area contributed by atoms with Crippen LogP contribution in [0, 0.1) is 0 Å². The molecule has 2 aromatic carbocycles. The van der Waals surface area contributed by atoms with Crippen molar-refractivity contribution in [1.29, 1.82) is 0 Å². The molecule has 1 saturated carbocycles. The normalized spacial score (nSPS) is 19.6. The van der Waals surface area contributed by atoms with Crippen LogP contribution in [0.2, 0.25) is 0 Å². The van der Waals surface area contributed by atoms with Crippen molar-refractivity contribution in [3.63, 3.8) is 0 Å². The Morgan fingerprint density at radius 2 is 1.78 bits per heavy atom. The molecule has 1 atom stereocenters. The molecule has 1 aliphatic heterocycles. The second kappa shape index (κ2) is 6.11. The summed E-state index contributed by atoms with van der Waals surface area (Å²) in [5, 5.41) is 3.51. The highest BCUT2D eigenvalue weighted by Crippen LogP contribution is 2.36. The molecule has 0 radical (unpaired) electrons. The average Bonchev–Trinajstić information content (AvgIpc) is 3.31. The molecule has 2 heteroatoms. The lowest BCUT2D eigenvalue weighted by Crippen LogP contribution is -1.99. The van der Waals surface area contributed by atoms with Gasteiger partial charge in [-0.25, -0.2) is 0 Å². The number of hydrogen-bond donors (Lipinski definition) is 1. The molecule has 23 heavy (non-hydrogen) atoms. The largest absolute Gasteiger partial charge is 0.493 e. The number of nitrogens with one attached hydrogen (secondary N) is 1. The number of hydrogen-bond acceptors (Lipinski definition) is 2. The summed E-state index contributed by atoms with van der Waals surface area (Å²) in [6.07, 6.45) is 8.08. The zero-order chi connectivity index (χ0) is 15.6. The third-order valence-corrected chi connectivity index (χ3v) is 4.74. The Hall–Kier alpha value is -2.22. The Bertz CT molecular complexity index is 713. The molecule has 1 N–H and O–H groups in total. The fourth-order valence-corrected chi connectivity index (χ4v) is 3.08. The van der Waals surface area contributed by atoms with Crippen molar-refractivity contribution in [2.75, 3.05) is 11.9 Å². The minimum Gasteiger partial charge on any atom is -0.493 e. The summed E-state index contributed by atoms with van der Waals surface area (Å²) < 4.78 is 5.81. The van der Waals surface area contributed by atoms with Crippen LogP contribution in [0.3, 0.4) is 0 Å². The van der Waals surface area contributed by atoms with E-state index in [9.17, 15) is 0 Å². The molecular weight excluding hydrogens is 282 g/mol. The van der Waals surface area contributed by atoms with Gasteiger partial charge >= 0.3 is 0 Å². The van der Waals surface area contributed by atoms with Crippen LogP contribution in [0.4, 0.5) is 5.69 Å². The van der Waals surface area contributed by atoms with E-state index in [1.807, 2.05) is 0 Å². The van der Waals surface area contributed by atoms with Gasteiger partial charge in [0, 0.05) is 23.2 Å². The van der Waals surface area contributed by atoms with Crippen molar-refractivity contribution in [2.24, 2.45) is 0 Å². The average molecular weight is 305 g/mol. The maximum Gasteiger partial charge on any atom is 0.123 e. The van der Waals surface area contributed by atoms with Gasteiger partial charge in [0.1, 0.15) is 5.75 Å². The molecular formula is C21H23NO. The summed E-state index contributed by atoms with van der Waals surface area (Å²) in [5.74, 6) is 1.62. The van der Waals surface area contributed by atoms with Crippen LogP contribution in [0.15, 0.2) is 42.5 Å². The first-order valence-electron chi connectivity index (χ1n) is 8.63. The molecule has 4 rings (SSSR count). The van der Waals surface area contributed by atoms with Crippen molar-refractivity contribution >= 4 is 17.8 Å². The molecule has 0 spiro atoms. The standard InChI is InChI=1S/C21H23NO/c1-2-17-14-23-21-13-16(7-12-20(17)21)4-3-15-5-8-18(9-6-15)22-19-10-11-19/h3-9,12-13,17,19,22H,2,10-11,14H2,1H3/b4-3+. The fraction of sp³-hybridized carbons (Fsp3) is 0.333. The molecule has 2 nitrogen and oxygen atoms in total. The van der Waals surface area contributed by atoms with Crippen molar-refractivity contribution < 1.29 is 4.74 Å². The zero-order valence-electron chi connectivity index (χ0n) is 13.6. The molecule has 0 bridgehead atoms. The van der Waals surface area contributed by atoms with Gasteiger partial charge in [-0.1, -0.05) is 43.3 Å². The van der Waals surface area contributed by atoms with Crippen LogP contribution in [-0.4, -0.2) is 12.6 Å². The van der Waals surface area contributed by atoms with Gasteiger partial charge in [0.15, 0.2) is 0 Å². The van der Waals surface area contributed by atoms with Crippen molar-refractivity contribution in [3.8, 4) is 5.75 Å². The second-order valence-corrected chi connectivity index (χ2v) is 6.59. The quantitative estimate of drug-likeness (QED) is 0.755. The Balaban J connectivity index is 1.46. The first kappa shape index (κ1) is 14.4. The topological polar surface area (TPSA) is 21.3 Å². The van der Waals surface area contributed by atoms with E-state index in [0.717, 1.165) is 18.8 Å². The van der Waals surface area contributed by atoms with Crippen LogP contribution in [0.1, 0.15) is 48.8 Å². The lowest BCUT2D eigenvalue weighted by Gasteiger charge is -2.05. The Morgan fingerprint density at radius 3 is 2.52 bits per heavy atom. The maximum atomic E-state index is 5.81. The van der Waals surface area contributed by atoms with E-state index in [1.54, 1.807) is 0 Å².